The second-order valence-corrected chi connectivity index (χ2v) is 20.4. The third kappa shape index (κ3) is 12.5. The Labute approximate surface area is 407 Å². The van der Waals surface area contributed by atoms with E-state index in [1.807, 2.05) is 51.1 Å². The molecule has 2 aliphatic rings. The number of pyridine rings is 1. The largest absolute Gasteiger partial charge is 0.508 e. The van der Waals surface area contributed by atoms with Gasteiger partial charge in [0.1, 0.15) is 23.3 Å². The van der Waals surface area contributed by atoms with Gasteiger partial charge in [0.15, 0.2) is 0 Å². The third-order valence-corrected chi connectivity index (χ3v) is 14.7. The molecular weight excluding hydrogens is 881 g/mol. The molecule has 16 heteroatoms. The van der Waals surface area contributed by atoms with Gasteiger partial charge in [-0.2, -0.15) is 9.95 Å². The van der Waals surface area contributed by atoms with Gasteiger partial charge in [0.25, 0.3) is 12.4 Å². The first-order valence-corrected chi connectivity index (χ1v) is 25.3. The molecule has 1 aliphatic heterocycles. The zero-order chi connectivity index (χ0) is 49.1. The van der Waals surface area contributed by atoms with Crippen LogP contribution in [0.3, 0.4) is 0 Å². The number of ether oxygens (including phenoxy) is 2. The maximum absolute atomic E-state index is 14.4. The number of hydrogen-bond acceptors (Lipinski definition) is 13. The Hall–Kier alpha value is -4.84. The summed E-state index contributed by atoms with van der Waals surface area (Å²) in [5.74, 6) is -0.604. The van der Waals surface area contributed by atoms with Crippen LogP contribution in [0.1, 0.15) is 110 Å². The molecule has 2 aromatic heterocycles. The Balaban J connectivity index is 1.34. The quantitative estimate of drug-likeness (QED) is 0.0305. The van der Waals surface area contributed by atoms with Crippen LogP contribution in [0.15, 0.2) is 54.7 Å². The van der Waals surface area contributed by atoms with Crippen LogP contribution >= 0.6 is 11.9 Å². The molecule has 15 nitrogen and oxygen atoms in total. The van der Waals surface area contributed by atoms with Gasteiger partial charge in [0, 0.05) is 86.8 Å². The monoisotopic (exact) mass is 955 g/mol. The van der Waals surface area contributed by atoms with Crippen molar-refractivity contribution in [1.29, 1.82) is 0 Å². The summed E-state index contributed by atoms with van der Waals surface area (Å²) in [4.78, 5) is 60.3. The van der Waals surface area contributed by atoms with Gasteiger partial charge in [-0.1, -0.05) is 65.1 Å². The van der Waals surface area contributed by atoms with Gasteiger partial charge < -0.3 is 29.3 Å². The molecule has 370 valence electrons. The van der Waals surface area contributed by atoms with Crippen molar-refractivity contribution >= 4 is 47.4 Å². The number of nitrogens with one attached hydrogen (secondary N) is 3. The van der Waals surface area contributed by atoms with Gasteiger partial charge in [-0.15, -0.1) is 0 Å². The number of rotatable bonds is 24. The van der Waals surface area contributed by atoms with Crippen molar-refractivity contribution in [3.8, 4) is 28.1 Å². The lowest BCUT2D eigenvalue weighted by Gasteiger charge is -2.38. The van der Waals surface area contributed by atoms with E-state index in [0.717, 1.165) is 95.9 Å². The van der Waals surface area contributed by atoms with E-state index in [4.69, 9.17) is 14.5 Å². The zero-order valence-electron chi connectivity index (χ0n) is 41.5. The normalized spacial score (nSPS) is 18.0. The lowest BCUT2D eigenvalue weighted by molar-refractivity contribution is -0.140. The minimum Gasteiger partial charge on any atom is -0.508 e. The fourth-order valence-corrected chi connectivity index (χ4v) is 10.7. The van der Waals surface area contributed by atoms with Crippen LogP contribution < -0.4 is 15.6 Å². The Morgan fingerprint density at radius 1 is 1.06 bits per heavy atom. The molecule has 3 heterocycles. The summed E-state index contributed by atoms with van der Waals surface area (Å²) in [6.07, 6.45) is 8.81. The highest BCUT2D eigenvalue weighted by Gasteiger charge is 2.36. The number of hydrogen-bond donors (Lipinski definition) is 4. The van der Waals surface area contributed by atoms with Crippen LogP contribution in [-0.4, -0.2) is 112 Å². The second kappa shape index (κ2) is 24.1. The Bertz CT molecular complexity index is 2350. The topological polar surface area (TPSA) is 171 Å². The Morgan fingerprint density at radius 3 is 2.53 bits per heavy atom. The summed E-state index contributed by atoms with van der Waals surface area (Å²) in [6.45, 7) is 17.7. The van der Waals surface area contributed by atoms with Crippen LogP contribution in [0.4, 0.5) is 0 Å². The van der Waals surface area contributed by atoms with Gasteiger partial charge in [-0.25, -0.2) is 10.4 Å². The molecule has 1 aliphatic carbocycles. The number of aryl methyl sites for hydroxylation is 1. The second-order valence-electron chi connectivity index (χ2n) is 19.5. The van der Waals surface area contributed by atoms with E-state index in [1.54, 1.807) is 30.4 Å². The first-order valence-electron chi connectivity index (χ1n) is 24.4. The SMILES string of the molecule is CCCN(C1CCCC1C=O)N(C)NSC(C(=O)NC(Cc1cc(O)cc(-c2ccc3c(c2)c(CC(C)(C)COC=O)c(-c2cccnc2C(C)OC)n3CC)c1)C(=O)N1CCCCN1)C(C)C. The molecule has 5 atom stereocenters. The maximum atomic E-state index is 14.4. The number of aldehydes is 1. The smallest absolute Gasteiger partial charge is 0.293 e. The fourth-order valence-electron chi connectivity index (χ4n) is 9.92. The lowest BCUT2D eigenvalue weighted by Crippen LogP contribution is -2.57. The van der Waals surface area contributed by atoms with Crippen molar-refractivity contribution < 1.29 is 33.8 Å². The molecule has 2 amide bonds. The van der Waals surface area contributed by atoms with Gasteiger partial charge in [0.2, 0.25) is 5.91 Å². The highest BCUT2D eigenvalue weighted by atomic mass is 32.2. The molecule has 6 rings (SSSR count). The number of carbonyl (C=O) groups is 4. The third-order valence-electron chi connectivity index (χ3n) is 13.4. The molecule has 4 N–H and O–H groups in total. The molecule has 4 aromatic rings. The summed E-state index contributed by atoms with van der Waals surface area (Å²) in [7, 11) is 3.60. The van der Waals surface area contributed by atoms with Crippen molar-refractivity contribution in [2.24, 2.45) is 17.3 Å². The van der Waals surface area contributed by atoms with E-state index in [1.165, 1.54) is 11.9 Å². The molecule has 1 saturated carbocycles. The number of carbonyl (C=O) groups excluding carboxylic acids is 4. The summed E-state index contributed by atoms with van der Waals surface area (Å²) < 4.78 is 13.4. The molecule has 0 radical (unpaired) electrons. The number of hydrazine groups is 3. The molecule has 68 heavy (non-hydrogen) atoms. The molecule has 2 aromatic carbocycles. The van der Waals surface area contributed by atoms with Gasteiger partial charge in [0.05, 0.1) is 24.1 Å². The summed E-state index contributed by atoms with van der Waals surface area (Å²) in [6, 6.07) is 14.9. The lowest BCUT2D eigenvalue weighted by atomic mass is 9.84. The zero-order valence-corrected chi connectivity index (χ0v) is 42.4. The number of amides is 2. The minimum absolute atomic E-state index is 0.0338. The van der Waals surface area contributed by atoms with E-state index in [2.05, 4.69) is 71.0 Å². The molecule has 2 fully saturated rings. The number of fused-ring (bicyclic) bond motifs is 1. The van der Waals surface area contributed by atoms with E-state index < -0.39 is 16.7 Å². The minimum atomic E-state index is -0.931. The average Bonchev–Trinajstić information content (AvgIpc) is 3.93. The Morgan fingerprint density at radius 2 is 1.85 bits per heavy atom. The standard InChI is InChI=1S/C52H74N8O7S/c1-10-23-60(45-18-14-16-38(45)31-61)57(8)56-68-49(34(3)4)50(64)55-44(51(65)59-24-13-12-22-54-59)27-36-25-39(28-40(63)26-36)37-19-20-46-42(29-37)43(30-52(6,7)32-67-33-62)48(58(46)11-2)41-17-15-21-53-47(41)35(5)66-9/h15,17,19-21,25-26,28-29,31,33-35,38,44-45,49,54,56,63H,10-14,16,18,22-24,27,30,32H2,1-9H3,(H,55,64). The summed E-state index contributed by atoms with van der Waals surface area (Å²) >= 11 is 1.30. The molecule has 0 bridgehead atoms. The first kappa shape index (κ1) is 52.5. The molecule has 0 spiro atoms. The maximum Gasteiger partial charge on any atom is 0.293 e. The number of aromatic hydroxyl groups is 1. The van der Waals surface area contributed by atoms with Crippen LogP contribution in [0.5, 0.6) is 5.75 Å². The van der Waals surface area contributed by atoms with E-state index in [9.17, 15) is 24.3 Å². The number of nitrogens with zero attached hydrogens (tertiary/aromatic N) is 5. The van der Waals surface area contributed by atoms with Crippen molar-refractivity contribution in [2.45, 2.75) is 130 Å². The van der Waals surface area contributed by atoms with Gasteiger partial charge in [-0.3, -0.25) is 24.4 Å². The van der Waals surface area contributed by atoms with E-state index >= 15 is 0 Å². The van der Waals surface area contributed by atoms with Crippen LogP contribution in [0.25, 0.3) is 33.3 Å². The predicted molar refractivity (Wildman–Crippen MR) is 269 cm³/mol. The number of aromatic nitrogens is 2. The van der Waals surface area contributed by atoms with Crippen molar-refractivity contribution in [3.63, 3.8) is 0 Å². The number of phenols is 1. The highest BCUT2D eigenvalue weighted by molar-refractivity contribution is 7.98. The van der Waals surface area contributed by atoms with Gasteiger partial charge in [-0.05, 0) is 117 Å². The predicted octanol–water partition coefficient (Wildman–Crippen LogP) is 7.80. The molecule has 5 unspecified atom stereocenters. The van der Waals surface area contributed by atoms with Crippen LogP contribution in [-0.2, 0) is 48.0 Å². The highest BCUT2D eigenvalue weighted by Crippen LogP contribution is 2.42. The number of benzene rings is 2. The van der Waals surface area contributed by atoms with Crippen molar-refractivity contribution in [1.82, 2.24) is 40.3 Å². The summed E-state index contributed by atoms with van der Waals surface area (Å²) in [5, 5.41) is 20.7. The van der Waals surface area contributed by atoms with Crippen LogP contribution in [0, 0.1) is 17.3 Å². The fraction of sp³-hybridized carbons (Fsp3) is 0.558. The number of phenolic OH excluding ortho intramolecular Hbond substituents is 1. The summed E-state index contributed by atoms with van der Waals surface area (Å²) in [5.41, 5.74) is 10.0. The molecular formula is C52H74N8O7S. The van der Waals surface area contributed by atoms with Crippen molar-refractivity contribution in [3.05, 3.63) is 71.5 Å². The van der Waals surface area contributed by atoms with E-state index in [0.29, 0.717) is 38.1 Å². The first-order chi connectivity index (χ1) is 32.6. The van der Waals surface area contributed by atoms with Crippen molar-refractivity contribution in [2.75, 3.05) is 40.4 Å². The van der Waals surface area contributed by atoms with Gasteiger partial charge >= 0.3 is 0 Å². The average molecular weight is 955 g/mol. The number of methoxy groups -OCH3 is 1. The van der Waals surface area contributed by atoms with Crippen LogP contribution in [0.2, 0.25) is 0 Å². The molecule has 1 saturated heterocycles. The Kier molecular flexibility index (Phi) is 18.6. The van der Waals surface area contributed by atoms with E-state index in [-0.39, 0.29) is 54.6 Å².